The quantitative estimate of drug-likeness (QED) is 0.846. The molecule has 0 bridgehead atoms. The molecule has 1 aliphatic heterocycles. The summed E-state index contributed by atoms with van der Waals surface area (Å²) in [6, 6.07) is 12.3. The van der Waals surface area contributed by atoms with Crippen LogP contribution >= 0.6 is 11.3 Å². The van der Waals surface area contributed by atoms with Crippen LogP contribution in [0.1, 0.15) is 16.5 Å². The maximum atomic E-state index is 5.36. The molecule has 0 fully saturated rings. The molecule has 1 atom stereocenters. The van der Waals surface area contributed by atoms with Crippen molar-refractivity contribution in [2.45, 2.75) is 6.04 Å². The predicted octanol–water partition coefficient (Wildman–Crippen LogP) is 2.95. The van der Waals surface area contributed by atoms with Crippen LogP contribution in [-0.2, 0) is 0 Å². The molecule has 1 aliphatic rings. The number of benzene rings is 1. The van der Waals surface area contributed by atoms with Crippen LogP contribution in [0.25, 0.3) is 5.70 Å². The fraction of sp³-hybridized carbons (Fsp3) is 0.125. The molecule has 1 aromatic heterocycles. The monoisotopic (exact) mass is 282 g/mol. The fourth-order valence-corrected chi connectivity index (χ4v) is 2.80. The number of thiophene rings is 1. The summed E-state index contributed by atoms with van der Waals surface area (Å²) in [6.07, 6.45) is 7.35. The maximum Gasteiger partial charge on any atom is 0.148 e. The van der Waals surface area contributed by atoms with Gasteiger partial charge in [0.15, 0.2) is 0 Å². The van der Waals surface area contributed by atoms with Gasteiger partial charge in [0.05, 0.1) is 11.7 Å². The number of rotatable bonds is 4. The second-order valence-electron chi connectivity index (χ2n) is 4.36. The van der Waals surface area contributed by atoms with E-state index in [9.17, 15) is 0 Å². The zero-order chi connectivity index (χ0) is 13.8. The Morgan fingerprint density at radius 3 is 2.80 bits per heavy atom. The Kier molecular flexibility index (Phi) is 3.73. The molecule has 3 nitrogen and oxygen atoms in total. The van der Waals surface area contributed by atoms with Gasteiger partial charge in [0, 0.05) is 4.88 Å². The molecule has 0 aliphatic carbocycles. The first-order valence-electron chi connectivity index (χ1n) is 6.30. The van der Waals surface area contributed by atoms with Gasteiger partial charge in [-0.2, -0.15) is 0 Å². The summed E-state index contributed by atoms with van der Waals surface area (Å²) < 4.78 is 5.36. The minimum absolute atomic E-state index is 0.224. The molecule has 100 valence electrons. The summed E-state index contributed by atoms with van der Waals surface area (Å²) in [5, 5.41) is 2.08. The van der Waals surface area contributed by atoms with Gasteiger partial charge in [-0.1, -0.05) is 12.0 Å². The Morgan fingerprint density at radius 1 is 1.25 bits per heavy atom. The largest absolute Gasteiger partial charge is 0.481 e. The molecule has 0 saturated heterocycles. The van der Waals surface area contributed by atoms with Crippen molar-refractivity contribution in [1.29, 1.82) is 0 Å². The van der Waals surface area contributed by atoms with Gasteiger partial charge in [0.2, 0.25) is 0 Å². The molecule has 0 saturated carbocycles. The van der Waals surface area contributed by atoms with Gasteiger partial charge >= 0.3 is 0 Å². The standard InChI is InChI=1S/C16H14N2OS/c1-2-9-19-13-7-5-12(6-8-13)14-11-15(18-17-14)16-4-3-10-20-16/h1,3-8,10-11,15,17-18H,9H2. The third-order valence-corrected chi connectivity index (χ3v) is 3.99. The van der Waals surface area contributed by atoms with Crippen LogP contribution in [-0.4, -0.2) is 6.61 Å². The van der Waals surface area contributed by atoms with Crippen molar-refractivity contribution in [3.05, 3.63) is 58.3 Å². The second-order valence-corrected chi connectivity index (χ2v) is 5.34. The van der Waals surface area contributed by atoms with Gasteiger partial charge in [-0.25, -0.2) is 5.43 Å². The van der Waals surface area contributed by atoms with Gasteiger partial charge in [-0.3, -0.25) is 0 Å². The maximum absolute atomic E-state index is 5.36. The van der Waals surface area contributed by atoms with E-state index in [2.05, 4.69) is 40.4 Å². The van der Waals surface area contributed by atoms with Crippen LogP contribution in [0.2, 0.25) is 0 Å². The normalized spacial score (nSPS) is 17.1. The summed E-state index contributed by atoms with van der Waals surface area (Å²) >= 11 is 1.74. The van der Waals surface area contributed by atoms with Crippen LogP contribution in [0, 0.1) is 12.3 Å². The van der Waals surface area contributed by atoms with Gasteiger partial charge in [0.1, 0.15) is 12.4 Å². The Labute approximate surface area is 122 Å². The van der Waals surface area contributed by atoms with Gasteiger partial charge < -0.3 is 10.2 Å². The van der Waals surface area contributed by atoms with E-state index in [-0.39, 0.29) is 6.04 Å². The molecule has 4 heteroatoms. The summed E-state index contributed by atoms with van der Waals surface area (Å²) in [4.78, 5) is 1.29. The van der Waals surface area contributed by atoms with Crippen LogP contribution in [0.15, 0.2) is 47.9 Å². The minimum atomic E-state index is 0.224. The molecular formula is C16H14N2OS. The van der Waals surface area contributed by atoms with E-state index < -0.39 is 0 Å². The molecule has 0 radical (unpaired) electrons. The van der Waals surface area contributed by atoms with Crippen molar-refractivity contribution in [1.82, 2.24) is 10.9 Å². The molecule has 1 unspecified atom stereocenters. The molecule has 2 aromatic rings. The van der Waals surface area contributed by atoms with Crippen molar-refractivity contribution in [3.8, 4) is 18.1 Å². The van der Waals surface area contributed by atoms with E-state index in [1.807, 2.05) is 24.3 Å². The average Bonchev–Trinajstić information content (AvgIpc) is 3.16. The predicted molar refractivity (Wildman–Crippen MR) is 82.1 cm³/mol. The first kappa shape index (κ1) is 12.8. The van der Waals surface area contributed by atoms with Crippen molar-refractivity contribution in [2.24, 2.45) is 0 Å². The summed E-state index contributed by atoms with van der Waals surface area (Å²) in [5.41, 5.74) is 8.68. The zero-order valence-electron chi connectivity index (χ0n) is 10.8. The van der Waals surface area contributed by atoms with Crippen molar-refractivity contribution in [2.75, 3.05) is 6.61 Å². The summed E-state index contributed by atoms with van der Waals surface area (Å²) in [5.74, 6) is 3.24. The summed E-state index contributed by atoms with van der Waals surface area (Å²) in [6.45, 7) is 0.294. The Hall–Kier alpha value is -2.22. The van der Waals surface area contributed by atoms with E-state index in [0.29, 0.717) is 6.61 Å². The topological polar surface area (TPSA) is 33.3 Å². The molecule has 20 heavy (non-hydrogen) atoms. The van der Waals surface area contributed by atoms with E-state index in [4.69, 9.17) is 11.2 Å². The highest BCUT2D eigenvalue weighted by Crippen LogP contribution is 2.27. The molecule has 3 rings (SSSR count). The SMILES string of the molecule is C#CCOc1ccc(C2=CC(c3cccs3)NN2)cc1. The van der Waals surface area contributed by atoms with Gasteiger partial charge in [-0.15, -0.1) is 17.8 Å². The lowest BCUT2D eigenvalue weighted by molar-refractivity contribution is 0.370. The lowest BCUT2D eigenvalue weighted by Gasteiger charge is -2.07. The third kappa shape index (κ3) is 2.69. The smallest absolute Gasteiger partial charge is 0.148 e. The van der Waals surface area contributed by atoms with Crippen LogP contribution < -0.4 is 15.6 Å². The van der Waals surface area contributed by atoms with E-state index in [0.717, 1.165) is 17.0 Å². The Balaban J connectivity index is 1.74. The number of hydrogen-bond acceptors (Lipinski definition) is 4. The number of ether oxygens (including phenoxy) is 1. The molecule has 0 amide bonds. The highest BCUT2D eigenvalue weighted by atomic mass is 32.1. The van der Waals surface area contributed by atoms with Crippen LogP contribution in [0.4, 0.5) is 0 Å². The number of terminal acetylenes is 1. The molecular weight excluding hydrogens is 268 g/mol. The van der Waals surface area contributed by atoms with Crippen molar-refractivity contribution >= 4 is 17.0 Å². The van der Waals surface area contributed by atoms with Crippen molar-refractivity contribution < 1.29 is 4.74 Å². The van der Waals surface area contributed by atoms with Crippen molar-refractivity contribution in [3.63, 3.8) is 0 Å². The fourth-order valence-electron chi connectivity index (χ4n) is 2.05. The van der Waals surface area contributed by atoms with Crippen LogP contribution in [0.5, 0.6) is 5.75 Å². The average molecular weight is 282 g/mol. The second kappa shape index (κ2) is 5.83. The van der Waals surface area contributed by atoms with Crippen LogP contribution in [0.3, 0.4) is 0 Å². The number of hydrazine groups is 1. The van der Waals surface area contributed by atoms with Gasteiger partial charge in [0.25, 0.3) is 0 Å². The lowest BCUT2D eigenvalue weighted by Crippen LogP contribution is -2.25. The Bertz CT molecular complexity index is 638. The zero-order valence-corrected chi connectivity index (χ0v) is 11.6. The highest BCUT2D eigenvalue weighted by molar-refractivity contribution is 7.10. The third-order valence-electron chi connectivity index (χ3n) is 3.03. The molecule has 1 aromatic carbocycles. The number of hydrogen-bond donors (Lipinski definition) is 2. The lowest BCUT2D eigenvalue weighted by atomic mass is 10.1. The summed E-state index contributed by atoms with van der Waals surface area (Å²) in [7, 11) is 0. The number of nitrogens with one attached hydrogen (secondary N) is 2. The van der Waals surface area contributed by atoms with E-state index in [1.54, 1.807) is 11.3 Å². The molecule has 2 heterocycles. The first-order chi connectivity index (χ1) is 9.86. The Morgan fingerprint density at radius 2 is 2.10 bits per heavy atom. The van der Waals surface area contributed by atoms with E-state index >= 15 is 0 Å². The van der Waals surface area contributed by atoms with E-state index in [1.165, 1.54) is 4.88 Å². The highest BCUT2D eigenvalue weighted by Gasteiger charge is 2.17. The molecule has 0 spiro atoms. The molecule has 2 N–H and O–H groups in total. The minimum Gasteiger partial charge on any atom is -0.481 e. The first-order valence-corrected chi connectivity index (χ1v) is 7.18. The van der Waals surface area contributed by atoms with Gasteiger partial charge in [-0.05, 0) is 47.4 Å².